The fraction of sp³-hybridized carbons (Fsp3) is 0.529. The van der Waals surface area contributed by atoms with Crippen molar-refractivity contribution >= 4 is 23.4 Å². The van der Waals surface area contributed by atoms with Gasteiger partial charge in [-0.05, 0) is 43.0 Å². The summed E-state index contributed by atoms with van der Waals surface area (Å²) in [5, 5.41) is 13.4. The van der Waals surface area contributed by atoms with E-state index in [4.69, 9.17) is 11.6 Å². The first-order valence-electron chi connectivity index (χ1n) is 8.10. The number of rotatable bonds is 2. The van der Waals surface area contributed by atoms with Crippen molar-refractivity contribution in [2.45, 2.75) is 31.8 Å². The molecule has 0 unspecified atom stereocenters. The first-order valence-corrected chi connectivity index (χ1v) is 8.48. The number of aliphatic hydroxyl groups is 1. The summed E-state index contributed by atoms with van der Waals surface area (Å²) in [4.78, 5) is 26.5. The van der Waals surface area contributed by atoms with Gasteiger partial charge in [0.25, 0.3) is 0 Å². The molecule has 1 spiro atoms. The number of hydrogen-bond acceptors (Lipinski definition) is 3. The molecule has 2 heterocycles. The van der Waals surface area contributed by atoms with E-state index in [0.29, 0.717) is 31.5 Å². The van der Waals surface area contributed by atoms with Crippen LogP contribution in [0.4, 0.5) is 4.39 Å². The molecular formula is C17H20ClFN2O3. The maximum atomic E-state index is 13.4. The van der Waals surface area contributed by atoms with Gasteiger partial charge in [0.15, 0.2) is 0 Å². The van der Waals surface area contributed by atoms with E-state index < -0.39 is 17.3 Å². The number of carbonyl (C=O) groups is 2. The van der Waals surface area contributed by atoms with Gasteiger partial charge >= 0.3 is 0 Å². The lowest BCUT2D eigenvalue weighted by Gasteiger charge is -2.46. The summed E-state index contributed by atoms with van der Waals surface area (Å²) in [6.07, 6.45) is 0.985. The maximum Gasteiger partial charge on any atom is 0.230 e. The van der Waals surface area contributed by atoms with E-state index in [-0.39, 0.29) is 29.8 Å². The second-order valence-corrected chi connectivity index (χ2v) is 7.03. The molecule has 0 saturated carbocycles. The molecule has 2 saturated heterocycles. The van der Waals surface area contributed by atoms with E-state index in [1.54, 1.807) is 11.0 Å². The third-order valence-corrected chi connectivity index (χ3v) is 5.17. The Morgan fingerprint density at radius 1 is 1.46 bits per heavy atom. The number of piperidine rings is 2. The molecule has 0 radical (unpaired) electrons. The summed E-state index contributed by atoms with van der Waals surface area (Å²) in [5.41, 5.74) is -0.426. The molecule has 3 rings (SSSR count). The molecule has 0 aliphatic carbocycles. The predicted octanol–water partition coefficient (Wildman–Crippen LogP) is 1.51. The smallest absolute Gasteiger partial charge is 0.230 e. The Labute approximate surface area is 144 Å². The highest BCUT2D eigenvalue weighted by Gasteiger charge is 2.50. The highest BCUT2D eigenvalue weighted by atomic mass is 35.5. The molecule has 2 N–H and O–H groups in total. The third-order valence-electron chi connectivity index (χ3n) is 4.95. The molecule has 130 valence electrons. The molecule has 1 aromatic carbocycles. The summed E-state index contributed by atoms with van der Waals surface area (Å²) in [7, 11) is 0. The van der Waals surface area contributed by atoms with Crippen molar-refractivity contribution in [1.82, 2.24) is 10.2 Å². The zero-order valence-corrected chi connectivity index (χ0v) is 14.0. The van der Waals surface area contributed by atoms with Crippen LogP contribution in [0.15, 0.2) is 18.2 Å². The molecule has 2 aliphatic rings. The summed E-state index contributed by atoms with van der Waals surface area (Å²) in [6, 6.07) is 4.03. The van der Waals surface area contributed by atoms with Gasteiger partial charge in [-0.25, -0.2) is 4.39 Å². The molecule has 2 fully saturated rings. The Morgan fingerprint density at radius 3 is 2.96 bits per heavy atom. The number of carbonyl (C=O) groups excluding carboxylic acids is 2. The number of halogens is 2. The van der Waals surface area contributed by atoms with Gasteiger partial charge in [0.05, 0.1) is 17.9 Å². The molecule has 0 bridgehead atoms. The van der Waals surface area contributed by atoms with Crippen LogP contribution in [-0.4, -0.2) is 47.6 Å². The summed E-state index contributed by atoms with van der Waals surface area (Å²) < 4.78 is 13.4. The van der Waals surface area contributed by atoms with E-state index in [1.165, 1.54) is 12.1 Å². The van der Waals surface area contributed by atoms with Gasteiger partial charge in [-0.3, -0.25) is 9.59 Å². The lowest BCUT2D eigenvalue weighted by molar-refractivity contribution is -0.154. The number of nitrogens with zero attached hydrogens (tertiary/aromatic N) is 1. The van der Waals surface area contributed by atoms with Gasteiger partial charge in [-0.15, -0.1) is 0 Å². The molecule has 0 aromatic heterocycles. The highest BCUT2D eigenvalue weighted by molar-refractivity contribution is 6.30. The first kappa shape index (κ1) is 17.2. The monoisotopic (exact) mass is 354 g/mol. The van der Waals surface area contributed by atoms with E-state index in [1.807, 2.05) is 0 Å². The second-order valence-electron chi connectivity index (χ2n) is 6.59. The molecular weight excluding hydrogens is 335 g/mol. The molecule has 24 heavy (non-hydrogen) atoms. The minimum atomic E-state index is -0.925. The van der Waals surface area contributed by atoms with Crippen LogP contribution in [-0.2, 0) is 16.0 Å². The van der Waals surface area contributed by atoms with Crippen LogP contribution in [0.2, 0.25) is 5.02 Å². The summed E-state index contributed by atoms with van der Waals surface area (Å²) in [5.74, 6) is -0.864. The number of nitrogens with one attached hydrogen (secondary N) is 1. The lowest BCUT2D eigenvalue weighted by atomic mass is 9.71. The van der Waals surface area contributed by atoms with Crippen molar-refractivity contribution < 1.29 is 19.1 Å². The number of benzene rings is 1. The van der Waals surface area contributed by atoms with Crippen LogP contribution in [0.25, 0.3) is 0 Å². The zero-order chi connectivity index (χ0) is 17.3. The van der Waals surface area contributed by atoms with E-state index in [2.05, 4.69) is 5.32 Å². The van der Waals surface area contributed by atoms with E-state index in [9.17, 15) is 19.1 Å². The third kappa shape index (κ3) is 3.26. The average molecular weight is 355 g/mol. The standard InChI is InChI=1S/C17H20ClFN2O3/c18-12-6-11(7-13(19)9-12)8-15(23)21-5-2-14(22)17(10-21)3-1-4-20-16(17)24/h6-7,9,14,22H,1-5,8,10H2,(H,20,24)/t14-,17-/m1/s1. The summed E-state index contributed by atoms with van der Waals surface area (Å²) >= 11 is 5.82. The van der Waals surface area contributed by atoms with Crippen molar-refractivity contribution in [2.24, 2.45) is 5.41 Å². The van der Waals surface area contributed by atoms with Crippen LogP contribution in [0.1, 0.15) is 24.8 Å². The van der Waals surface area contributed by atoms with E-state index in [0.717, 1.165) is 6.42 Å². The predicted molar refractivity (Wildman–Crippen MR) is 87.0 cm³/mol. The highest BCUT2D eigenvalue weighted by Crippen LogP contribution is 2.37. The minimum Gasteiger partial charge on any atom is -0.392 e. The maximum absolute atomic E-state index is 13.4. The fourth-order valence-electron chi connectivity index (χ4n) is 3.66. The normalized spacial score (nSPS) is 27.2. The molecule has 7 heteroatoms. The van der Waals surface area contributed by atoms with Crippen molar-refractivity contribution in [3.8, 4) is 0 Å². The van der Waals surface area contributed by atoms with Crippen LogP contribution in [0.5, 0.6) is 0 Å². The molecule has 2 aliphatic heterocycles. The van der Waals surface area contributed by atoms with Crippen LogP contribution >= 0.6 is 11.6 Å². The molecule has 1 aromatic rings. The number of aliphatic hydroxyl groups excluding tert-OH is 1. The summed E-state index contributed by atoms with van der Waals surface area (Å²) in [6.45, 7) is 1.18. The molecule has 2 amide bonds. The Morgan fingerprint density at radius 2 is 2.25 bits per heavy atom. The van der Waals surface area contributed by atoms with Crippen molar-refractivity contribution in [3.05, 3.63) is 34.6 Å². The Balaban J connectivity index is 1.74. The van der Waals surface area contributed by atoms with Gasteiger partial charge in [0.2, 0.25) is 11.8 Å². The van der Waals surface area contributed by atoms with Crippen LogP contribution < -0.4 is 5.32 Å². The van der Waals surface area contributed by atoms with Crippen LogP contribution in [0.3, 0.4) is 0 Å². The van der Waals surface area contributed by atoms with Gasteiger partial charge in [0.1, 0.15) is 5.82 Å². The number of amides is 2. The van der Waals surface area contributed by atoms with Crippen LogP contribution in [0, 0.1) is 11.2 Å². The average Bonchev–Trinajstić information content (AvgIpc) is 2.51. The minimum absolute atomic E-state index is 0.0191. The largest absolute Gasteiger partial charge is 0.392 e. The number of hydrogen-bond donors (Lipinski definition) is 2. The first-order chi connectivity index (χ1) is 11.4. The van der Waals surface area contributed by atoms with Gasteiger partial charge in [-0.1, -0.05) is 11.6 Å². The van der Waals surface area contributed by atoms with Crippen molar-refractivity contribution in [3.63, 3.8) is 0 Å². The van der Waals surface area contributed by atoms with Gasteiger partial charge in [-0.2, -0.15) is 0 Å². The van der Waals surface area contributed by atoms with Crippen molar-refractivity contribution in [1.29, 1.82) is 0 Å². The van der Waals surface area contributed by atoms with Crippen molar-refractivity contribution in [2.75, 3.05) is 19.6 Å². The zero-order valence-electron chi connectivity index (χ0n) is 13.2. The topological polar surface area (TPSA) is 69.6 Å². The lowest BCUT2D eigenvalue weighted by Crippen LogP contribution is -2.62. The second kappa shape index (κ2) is 6.69. The Bertz CT molecular complexity index is 649. The quantitative estimate of drug-likeness (QED) is 0.846. The Hall–Kier alpha value is -1.66. The molecule has 2 atom stereocenters. The molecule has 5 nitrogen and oxygen atoms in total. The fourth-order valence-corrected chi connectivity index (χ4v) is 3.90. The number of likely N-dealkylation sites (tertiary alicyclic amines) is 1. The SMILES string of the molecule is O=C(Cc1cc(F)cc(Cl)c1)N1CC[C@@H](O)[C@@]2(CCCNC2=O)C1. The van der Waals surface area contributed by atoms with Gasteiger partial charge < -0.3 is 15.3 Å². The Kier molecular flexibility index (Phi) is 4.78. The van der Waals surface area contributed by atoms with E-state index >= 15 is 0 Å². The van der Waals surface area contributed by atoms with Gasteiger partial charge in [0, 0.05) is 24.7 Å².